The van der Waals surface area contributed by atoms with Crippen molar-refractivity contribution < 1.29 is 8.78 Å². The van der Waals surface area contributed by atoms with Gasteiger partial charge in [0.15, 0.2) is 0 Å². The van der Waals surface area contributed by atoms with Crippen molar-refractivity contribution in [3.05, 3.63) is 101 Å². The van der Waals surface area contributed by atoms with Crippen LogP contribution in [0.4, 0.5) is 8.78 Å². The van der Waals surface area contributed by atoms with Gasteiger partial charge < -0.3 is 4.57 Å². The molecule has 1 heterocycles. The van der Waals surface area contributed by atoms with Crippen LogP contribution in [0.2, 0.25) is 5.02 Å². The van der Waals surface area contributed by atoms with Gasteiger partial charge in [-0.05, 0) is 35.9 Å². The lowest BCUT2D eigenvalue weighted by Gasteiger charge is -2.05. The van der Waals surface area contributed by atoms with Crippen molar-refractivity contribution in [1.82, 2.24) is 4.57 Å². The lowest BCUT2D eigenvalue weighted by Crippen LogP contribution is -1.98. The van der Waals surface area contributed by atoms with Crippen LogP contribution < -0.4 is 0 Å². The van der Waals surface area contributed by atoms with E-state index in [4.69, 9.17) is 11.6 Å². The van der Waals surface area contributed by atoms with Crippen LogP contribution in [0.5, 0.6) is 0 Å². The van der Waals surface area contributed by atoms with Crippen molar-refractivity contribution in [2.24, 2.45) is 0 Å². The van der Waals surface area contributed by atoms with Gasteiger partial charge in [0, 0.05) is 44.9 Å². The zero-order valence-corrected chi connectivity index (χ0v) is 15.9. The van der Waals surface area contributed by atoms with E-state index in [-0.39, 0.29) is 11.6 Å². The van der Waals surface area contributed by atoms with Crippen molar-refractivity contribution in [1.29, 1.82) is 0 Å². The quantitative estimate of drug-likeness (QED) is 0.330. The maximum absolute atomic E-state index is 14.1. The van der Waals surface area contributed by atoms with Crippen molar-refractivity contribution in [3.63, 3.8) is 0 Å². The summed E-state index contributed by atoms with van der Waals surface area (Å²) >= 11 is 7.69. The Hall–Kier alpha value is -2.30. The first-order valence-electron chi connectivity index (χ1n) is 8.50. The number of benzene rings is 3. The first-order chi connectivity index (χ1) is 13.1. The average molecular weight is 400 g/mol. The van der Waals surface area contributed by atoms with Crippen LogP contribution in [0.1, 0.15) is 11.1 Å². The molecule has 136 valence electrons. The van der Waals surface area contributed by atoms with Gasteiger partial charge in [-0.25, -0.2) is 8.78 Å². The normalized spacial score (nSPS) is 11.2. The fourth-order valence-corrected chi connectivity index (χ4v) is 4.54. The molecule has 0 radical (unpaired) electrons. The van der Waals surface area contributed by atoms with Crippen LogP contribution in [-0.2, 0) is 12.3 Å². The first kappa shape index (κ1) is 18.1. The number of hydrogen-bond acceptors (Lipinski definition) is 1. The average Bonchev–Trinajstić information content (AvgIpc) is 2.99. The van der Waals surface area contributed by atoms with Crippen molar-refractivity contribution >= 4 is 34.3 Å². The summed E-state index contributed by atoms with van der Waals surface area (Å²) in [6.45, 7) is 0.569. The summed E-state index contributed by atoms with van der Waals surface area (Å²) in [5.74, 6) is -0.0919. The van der Waals surface area contributed by atoms with E-state index in [1.807, 2.05) is 36.5 Å². The van der Waals surface area contributed by atoms with Gasteiger partial charge in [0.1, 0.15) is 11.6 Å². The lowest BCUT2D eigenvalue weighted by atomic mass is 10.2. The molecule has 0 fully saturated rings. The van der Waals surface area contributed by atoms with E-state index < -0.39 is 0 Å². The van der Waals surface area contributed by atoms with Gasteiger partial charge in [-0.1, -0.05) is 48.0 Å². The topological polar surface area (TPSA) is 4.93 Å². The van der Waals surface area contributed by atoms with Crippen LogP contribution in [0.3, 0.4) is 0 Å². The molecule has 1 aromatic heterocycles. The highest BCUT2D eigenvalue weighted by molar-refractivity contribution is 7.98. The highest BCUT2D eigenvalue weighted by Crippen LogP contribution is 2.34. The maximum atomic E-state index is 14.1. The number of nitrogens with zero attached hydrogens (tertiary/aromatic N) is 1. The Labute approximate surface area is 165 Å². The summed E-state index contributed by atoms with van der Waals surface area (Å²) in [5.41, 5.74) is 2.46. The number of para-hydroxylation sites is 1. The molecule has 0 aliphatic rings. The van der Waals surface area contributed by atoms with E-state index in [2.05, 4.69) is 4.57 Å². The number of hydrogen-bond donors (Lipinski definition) is 0. The zero-order valence-electron chi connectivity index (χ0n) is 14.3. The third-order valence-corrected chi connectivity index (χ3v) is 5.85. The monoisotopic (exact) mass is 399 g/mol. The molecule has 0 N–H and O–H groups in total. The third kappa shape index (κ3) is 3.87. The Kier molecular flexibility index (Phi) is 5.19. The predicted octanol–water partition coefficient (Wildman–Crippen LogP) is 6.91. The lowest BCUT2D eigenvalue weighted by molar-refractivity contribution is 0.617. The van der Waals surface area contributed by atoms with Gasteiger partial charge in [0.05, 0.1) is 0 Å². The van der Waals surface area contributed by atoms with Gasteiger partial charge >= 0.3 is 0 Å². The Morgan fingerprint density at radius 2 is 1.74 bits per heavy atom. The minimum absolute atomic E-state index is 0.243. The van der Waals surface area contributed by atoms with E-state index in [1.54, 1.807) is 36.0 Å². The molecule has 4 aromatic rings. The highest BCUT2D eigenvalue weighted by atomic mass is 35.5. The molecule has 1 nitrogen and oxygen atoms in total. The zero-order chi connectivity index (χ0) is 18.8. The molecule has 27 heavy (non-hydrogen) atoms. The first-order valence-corrected chi connectivity index (χ1v) is 9.86. The number of rotatable bonds is 5. The molecule has 0 saturated heterocycles. The highest BCUT2D eigenvalue weighted by Gasteiger charge is 2.12. The summed E-state index contributed by atoms with van der Waals surface area (Å²) in [5, 5.41) is 1.53. The maximum Gasteiger partial charge on any atom is 0.128 e. The van der Waals surface area contributed by atoms with Crippen LogP contribution >= 0.6 is 23.4 Å². The Balaban J connectivity index is 1.65. The summed E-state index contributed by atoms with van der Waals surface area (Å²) in [4.78, 5) is 1.04. The van der Waals surface area contributed by atoms with Crippen LogP contribution in [-0.4, -0.2) is 4.57 Å². The largest absolute Gasteiger partial charge is 0.342 e. The molecule has 0 bridgehead atoms. The van der Waals surface area contributed by atoms with E-state index >= 15 is 0 Å². The van der Waals surface area contributed by atoms with E-state index in [0.717, 1.165) is 21.4 Å². The van der Waals surface area contributed by atoms with Crippen molar-refractivity contribution in [3.8, 4) is 0 Å². The second-order valence-electron chi connectivity index (χ2n) is 6.26. The number of halogens is 3. The molecule has 5 heteroatoms. The number of thioether (sulfide) groups is 1. The van der Waals surface area contributed by atoms with Gasteiger partial charge in [0.2, 0.25) is 0 Å². The van der Waals surface area contributed by atoms with E-state index in [0.29, 0.717) is 22.9 Å². The summed E-state index contributed by atoms with van der Waals surface area (Å²) in [7, 11) is 0. The smallest absolute Gasteiger partial charge is 0.128 e. The summed E-state index contributed by atoms with van der Waals surface area (Å²) < 4.78 is 29.7. The van der Waals surface area contributed by atoms with Gasteiger partial charge in [-0.15, -0.1) is 11.8 Å². The van der Waals surface area contributed by atoms with Crippen molar-refractivity contribution in [2.75, 3.05) is 0 Å². The standard InChI is InChI=1S/C22H16ClF2NS/c23-19-8-4-9-20(25)18(19)14-27-22-13-26(21-10-2-1-7-17(21)22)12-15-5-3-6-16(24)11-15/h1-11,13H,12,14H2. The Bertz CT molecular complexity index is 1090. The Morgan fingerprint density at radius 3 is 2.56 bits per heavy atom. The molecule has 0 spiro atoms. The molecular weight excluding hydrogens is 384 g/mol. The minimum atomic E-state index is -0.293. The second kappa shape index (κ2) is 7.75. The fraction of sp³-hybridized carbons (Fsp3) is 0.0909. The molecule has 0 unspecified atom stereocenters. The number of aromatic nitrogens is 1. The van der Waals surface area contributed by atoms with Gasteiger partial charge in [-0.3, -0.25) is 0 Å². The van der Waals surface area contributed by atoms with Gasteiger partial charge in [-0.2, -0.15) is 0 Å². The molecule has 0 aliphatic heterocycles. The molecule has 0 atom stereocenters. The van der Waals surface area contributed by atoms with E-state index in [9.17, 15) is 8.78 Å². The molecule has 3 aromatic carbocycles. The molecule has 0 amide bonds. The van der Waals surface area contributed by atoms with Crippen LogP contribution in [0.25, 0.3) is 10.9 Å². The molecule has 0 aliphatic carbocycles. The van der Waals surface area contributed by atoms with E-state index in [1.165, 1.54) is 12.1 Å². The second-order valence-corrected chi connectivity index (χ2v) is 7.68. The summed E-state index contributed by atoms with van der Waals surface area (Å²) in [6.07, 6.45) is 2.04. The molecule has 0 saturated carbocycles. The third-order valence-electron chi connectivity index (χ3n) is 4.43. The van der Waals surface area contributed by atoms with Crippen LogP contribution in [0.15, 0.2) is 77.8 Å². The fourth-order valence-electron chi connectivity index (χ4n) is 3.11. The van der Waals surface area contributed by atoms with Crippen molar-refractivity contribution in [2.45, 2.75) is 17.2 Å². The minimum Gasteiger partial charge on any atom is -0.342 e. The number of fused-ring (bicyclic) bond motifs is 1. The summed E-state index contributed by atoms with van der Waals surface area (Å²) in [6, 6.07) is 19.4. The Morgan fingerprint density at radius 1 is 0.926 bits per heavy atom. The SMILES string of the molecule is Fc1cccc(Cn2cc(SCc3c(F)cccc3Cl)c3ccccc32)c1. The van der Waals surface area contributed by atoms with Gasteiger partial charge in [0.25, 0.3) is 0 Å². The molecular formula is C22H16ClF2NS. The predicted molar refractivity (Wildman–Crippen MR) is 108 cm³/mol. The molecule has 4 rings (SSSR count). The van der Waals surface area contributed by atoms with Crippen LogP contribution in [0, 0.1) is 11.6 Å².